The molecule has 33 heavy (non-hydrogen) atoms. The molecule has 5 aromatic rings. The predicted octanol–water partition coefficient (Wildman–Crippen LogP) is 3.96. The summed E-state index contributed by atoms with van der Waals surface area (Å²) in [5.41, 5.74) is 4.37. The number of nitrogens with one attached hydrogen (secondary N) is 2. The first kappa shape index (κ1) is 19.3. The Morgan fingerprint density at radius 2 is 1.82 bits per heavy atom. The number of fused-ring (bicyclic) bond motifs is 5. The summed E-state index contributed by atoms with van der Waals surface area (Å²) in [4.78, 5) is 21.2. The monoisotopic (exact) mass is 440 g/mol. The van der Waals surface area contributed by atoms with Gasteiger partial charge in [0.2, 0.25) is 11.8 Å². The molecule has 0 unspecified atom stereocenters. The molecule has 0 atom stereocenters. The highest BCUT2D eigenvalue weighted by Gasteiger charge is 2.17. The Morgan fingerprint density at radius 1 is 0.939 bits per heavy atom. The molecule has 0 saturated carbocycles. The van der Waals surface area contributed by atoms with Crippen molar-refractivity contribution < 1.29 is 14.2 Å². The summed E-state index contributed by atoms with van der Waals surface area (Å²) in [7, 11) is 1.77. The van der Waals surface area contributed by atoms with E-state index in [4.69, 9.17) is 14.2 Å². The van der Waals surface area contributed by atoms with Crippen LogP contribution < -0.4 is 19.5 Å². The molecule has 5 bridgehead atoms. The fourth-order valence-corrected chi connectivity index (χ4v) is 3.89. The molecule has 0 spiro atoms. The molecule has 6 rings (SSSR count). The highest BCUT2D eigenvalue weighted by molar-refractivity contribution is 5.99. The fourth-order valence-electron chi connectivity index (χ4n) is 3.89. The maximum atomic E-state index is 6.18. The molecule has 0 aliphatic carbocycles. The SMILES string of the molecule is CNc1nc2c3c(c[nH]c3n1)-c1ccc3ncc(cc3c1)OCCOc1cncc(c1)CO2. The van der Waals surface area contributed by atoms with Crippen LogP contribution in [0.3, 0.4) is 0 Å². The standard InChI is InChI=1S/C24H20N6O3/c1-25-24-29-22-21-19(12-28-22)15-2-3-20-16(7-15)8-18(11-27-20)32-5-4-31-17-6-14(9-26-10-17)13-33-23(21)30-24/h2-3,6-12H,4-5,13H2,1H3,(H2,25,28,29,30). The molecule has 1 aromatic carbocycles. The number of aromatic nitrogens is 5. The van der Waals surface area contributed by atoms with Crippen molar-refractivity contribution in [2.75, 3.05) is 25.6 Å². The van der Waals surface area contributed by atoms with Crippen LogP contribution in [0.5, 0.6) is 17.4 Å². The Labute approximate surface area is 188 Å². The lowest BCUT2D eigenvalue weighted by molar-refractivity contribution is 0.216. The molecule has 0 amide bonds. The summed E-state index contributed by atoms with van der Waals surface area (Å²) in [6.07, 6.45) is 7.06. The second-order valence-electron chi connectivity index (χ2n) is 7.62. The van der Waals surface area contributed by atoms with Gasteiger partial charge in [-0.2, -0.15) is 9.97 Å². The minimum atomic E-state index is 0.282. The Hall–Kier alpha value is -4.40. The lowest BCUT2D eigenvalue weighted by atomic mass is 10.0. The number of nitrogens with zero attached hydrogens (tertiary/aromatic N) is 4. The molecule has 0 radical (unpaired) electrons. The van der Waals surface area contributed by atoms with Crippen molar-refractivity contribution in [1.29, 1.82) is 0 Å². The Morgan fingerprint density at radius 3 is 2.70 bits per heavy atom. The maximum Gasteiger partial charge on any atom is 0.228 e. The summed E-state index contributed by atoms with van der Waals surface area (Å²) in [6.45, 7) is 1.05. The van der Waals surface area contributed by atoms with Gasteiger partial charge >= 0.3 is 0 Å². The molecule has 1 aliphatic heterocycles. The van der Waals surface area contributed by atoms with Crippen LogP contribution in [0.1, 0.15) is 5.56 Å². The van der Waals surface area contributed by atoms with Crippen molar-refractivity contribution in [3.63, 3.8) is 0 Å². The topological polar surface area (TPSA) is 107 Å². The van der Waals surface area contributed by atoms with Gasteiger partial charge in [0.25, 0.3) is 0 Å². The summed E-state index contributed by atoms with van der Waals surface area (Å²) >= 11 is 0. The van der Waals surface area contributed by atoms with E-state index in [-0.39, 0.29) is 6.61 Å². The number of H-pyrrole nitrogens is 1. The fraction of sp³-hybridized carbons (Fsp3) is 0.167. The average molecular weight is 440 g/mol. The van der Waals surface area contributed by atoms with Crippen LogP contribution in [0.25, 0.3) is 33.1 Å². The minimum absolute atomic E-state index is 0.282. The van der Waals surface area contributed by atoms with E-state index >= 15 is 0 Å². The summed E-state index contributed by atoms with van der Waals surface area (Å²) in [5, 5.41) is 4.77. The van der Waals surface area contributed by atoms with Crippen molar-refractivity contribution in [2.24, 2.45) is 0 Å². The van der Waals surface area contributed by atoms with Crippen LogP contribution in [-0.2, 0) is 6.61 Å². The largest absolute Gasteiger partial charge is 0.488 e. The first-order chi connectivity index (χ1) is 16.3. The Bertz CT molecular complexity index is 1480. The number of anilines is 1. The lowest BCUT2D eigenvalue weighted by Gasteiger charge is -2.11. The van der Waals surface area contributed by atoms with E-state index < -0.39 is 0 Å². The molecule has 164 valence electrons. The van der Waals surface area contributed by atoms with E-state index in [1.54, 1.807) is 25.6 Å². The molecule has 5 heterocycles. The summed E-state index contributed by atoms with van der Waals surface area (Å²) < 4.78 is 17.9. The van der Waals surface area contributed by atoms with E-state index in [1.807, 2.05) is 30.5 Å². The van der Waals surface area contributed by atoms with Gasteiger partial charge in [0.05, 0.1) is 23.3 Å². The minimum Gasteiger partial charge on any atom is -0.488 e. The predicted molar refractivity (Wildman–Crippen MR) is 124 cm³/mol. The molecule has 0 fully saturated rings. The number of aromatic amines is 1. The van der Waals surface area contributed by atoms with E-state index in [0.29, 0.717) is 42.2 Å². The van der Waals surface area contributed by atoms with Crippen molar-refractivity contribution in [2.45, 2.75) is 6.61 Å². The van der Waals surface area contributed by atoms with E-state index in [2.05, 4.69) is 36.3 Å². The molecule has 0 saturated heterocycles. The third-order valence-electron chi connectivity index (χ3n) is 5.46. The van der Waals surface area contributed by atoms with Crippen LogP contribution in [0, 0.1) is 0 Å². The van der Waals surface area contributed by atoms with Crippen LogP contribution in [0.2, 0.25) is 0 Å². The molecular formula is C24H20N6O3. The zero-order chi connectivity index (χ0) is 22.2. The van der Waals surface area contributed by atoms with Crippen molar-refractivity contribution in [3.8, 4) is 28.5 Å². The summed E-state index contributed by atoms with van der Waals surface area (Å²) in [6, 6.07) is 9.98. The first-order valence-corrected chi connectivity index (χ1v) is 10.6. The first-order valence-electron chi connectivity index (χ1n) is 10.6. The second kappa shape index (κ2) is 7.94. The molecule has 1 aliphatic rings. The van der Waals surface area contributed by atoms with Crippen molar-refractivity contribution in [1.82, 2.24) is 24.9 Å². The lowest BCUT2D eigenvalue weighted by Crippen LogP contribution is -2.09. The normalized spacial score (nSPS) is 13.4. The maximum absolute atomic E-state index is 6.18. The highest BCUT2D eigenvalue weighted by Crippen LogP contribution is 2.36. The Kier molecular flexibility index (Phi) is 4.64. The Balaban J connectivity index is 1.54. The van der Waals surface area contributed by atoms with Crippen LogP contribution in [-0.4, -0.2) is 45.2 Å². The van der Waals surface area contributed by atoms with Gasteiger partial charge in [0, 0.05) is 36.0 Å². The third-order valence-corrected chi connectivity index (χ3v) is 5.46. The van der Waals surface area contributed by atoms with Crippen LogP contribution in [0.15, 0.2) is 55.1 Å². The van der Waals surface area contributed by atoms with Crippen molar-refractivity contribution in [3.05, 3.63) is 60.7 Å². The number of hydrogen-bond acceptors (Lipinski definition) is 8. The number of hydrogen-bond donors (Lipinski definition) is 2. The number of benzene rings is 1. The molecule has 4 aromatic heterocycles. The quantitative estimate of drug-likeness (QED) is 0.403. The van der Waals surface area contributed by atoms with Gasteiger partial charge in [-0.3, -0.25) is 9.97 Å². The van der Waals surface area contributed by atoms with E-state index in [9.17, 15) is 0 Å². The van der Waals surface area contributed by atoms with Gasteiger partial charge in [0.15, 0.2) is 0 Å². The second-order valence-corrected chi connectivity index (χ2v) is 7.62. The van der Waals surface area contributed by atoms with Gasteiger partial charge in [-0.25, -0.2) is 0 Å². The van der Waals surface area contributed by atoms with Gasteiger partial charge < -0.3 is 24.5 Å². The smallest absolute Gasteiger partial charge is 0.228 e. The van der Waals surface area contributed by atoms with Crippen LogP contribution >= 0.6 is 0 Å². The van der Waals surface area contributed by atoms with Gasteiger partial charge in [-0.15, -0.1) is 0 Å². The van der Waals surface area contributed by atoms with E-state index in [1.165, 1.54) is 0 Å². The number of rotatable bonds is 1. The molecule has 9 heteroatoms. The number of pyridine rings is 2. The zero-order valence-corrected chi connectivity index (χ0v) is 17.8. The summed E-state index contributed by atoms with van der Waals surface area (Å²) in [5.74, 6) is 2.28. The van der Waals surface area contributed by atoms with Crippen molar-refractivity contribution >= 4 is 27.9 Å². The van der Waals surface area contributed by atoms with Crippen LogP contribution in [0.4, 0.5) is 5.95 Å². The zero-order valence-electron chi connectivity index (χ0n) is 17.8. The van der Waals surface area contributed by atoms with Gasteiger partial charge in [-0.05, 0) is 29.8 Å². The molecule has 9 nitrogen and oxygen atoms in total. The van der Waals surface area contributed by atoms with Gasteiger partial charge in [0.1, 0.15) is 37.0 Å². The third kappa shape index (κ3) is 3.63. The molecular weight excluding hydrogens is 420 g/mol. The average Bonchev–Trinajstić information content (AvgIpc) is 3.28. The highest BCUT2D eigenvalue weighted by atomic mass is 16.5. The number of ether oxygens (including phenoxy) is 3. The van der Waals surface area contributed by atoms with E-state index in [0.717, 1.165) is 33.0 Å². The van der Waals surface area contributed by atoms with Gasteiger partial charge in [-0.1, -0.05) is 6.07 Å². The molecule has 2 N–H and O–H groups in total.